The van der Waals surface area contributed by atoms with Gasteiger partial charge in [0.1, 0.15) is 0 Å². The number of hydrogen-bond acceptors (Lipinski definition) is 2. The number of aryl methyl sites for hydroxylation is 1. The summed E-state index contributed by atoms with van der Waals surface area (Å²) < 4.78 is 0. The van der Waals surface area contributed by atoms with Crippen LogP contribution in [0, 0.1) is 13.8 Å². The molecule has 1 aliphatic rings. The highest BCUT2D eigenvalue weighted by atomic mass is 15.2. The van der Waals surface area contributed by atoms with Crippen LogP contribution in [0.4, 0.5) is 5.69 Å². The molecule has 1 heterocycles. The molecule has 2 rings (SSSR count). The highest BCUT2D eigenvalue weighted by molar-refractivity contribution is 5.57. The summed E-state index contributed by atoms with van der Waals surface area (Å²) in [7, 11) is 0. The Bertz CT molecular complexity index is 363. The minimum absolute atomic E-state index is 0.573. The van der Waals surface area contributed by atoms with Crippen LogP contribution in [0.5, 0.6) is 0 Å². The van der Waals surface area contributed by atoms with Gasteiger partial charge in [0.05, 0.1) is 0 Å². The van der Waals surface area contributed by atoms with Crippen LogP contribution >= 0.6 is 0 Å². The van der Waals surface area contributed by atoms with Crippen LogP contribution in [-0.2, 0) is 0 Å². The van der Waals surface area contributed by atoms with E-state index in [0.29, 0.717) is 12.1 Å². The van der Waals surface area contributed by atoms with Gasteiger partial charge < -0.3 is 10.2 Å². The Morgan fingerprint density at radius 1 is 1.12 bits per heavy atom. The maximum Gasteiger partial charge on any atom is 0.0404 e. The molecule has 0 saturated carbocycles. The van der Waals surface area contributed by atoms with E-state index in [1.165, 1.54) is 16.8 Å². The van der Waals surface area contributed by atoms with Crippen LogP contribution in [0.1, 0.15) is 25.0 Å². The molecular weight excluding hydrogens is 196 g/mol. The van der Waals surface area contributed by atoms with Crippen LogP contribution < -0.4 is 10.2 Å². The van der Waals surface area contributed by atoms with Crippen LogP contribution in [0.15, 0.2) is 18.2 Å². The fraction of sp³-hybridized carbons (Fsp3) is 0.571. The quantitative estimate of drug-likeness (QED) is 0.779. The number of nitrogens with one attached hydrogen (secondary N) is 1. The zero-order chi connectivity index (χ0) is 11.7. The molecule has 0 aliphatic carbocycles. The number of hydrogen-bond donors (Lipinski definition) is 1. The lowest BCUT2D eigenvalue weighted by Gasteiger charge is -2.42. The van der Waals surface area contributed by atoms with E-state index in [-0.39, 0.29) is 0 Å². The zero-order valence-corrected chi connectivity index (χ0v) is 10.7. The molecule has 0 radical (unpaired) electrons. The smallest absolute Gasteiger partial charge is 0.0404 e. The molecule has 1 saturated heterocycles. The molecule has 0 aromatic heterocycles. The minimum atomic E-state index is 0.573. The molecule has 2 heteroatoms. The van der Waals surface area contributed by atoms with Crippen molar-refractivity contribution >= 4 is 5.69 Å². The second-order valence-electron chi connectivity index (χ2n) is 4.98. The van der Waals surface area contributed by atoms with Gasteiger partial charge in [-0.25, -0.2) is 0 Å². The average molecular weight is 218 g/mol. The Morgan fingerprint density at radius 2 is 1.75 bits per heavy atom. The predicted molar refractivity (Wildman–Crippen MR) is 70.2 cm³/mol. The number of benzene rings is 1. The summed E-state index contributed by atoms with van der Waals surface area (Å²) in [6, 6.07) is 7.75. The van der Waals surface area contributed by atoms with Crippen LogP contribution in [0.3, 0.4) is 0 Å². The van der Waals surface area contributed by atoms with Gasteiger partial charge in [-0.05, 0) is 44.9 Å². The molecule has 0 amide bonds. The maximum absolute atomic E-state index is 3.48. The fourth-order valence-electron chi connectivity index (χ4n) is 2.62. The van der Waals surface area contributed by atoms with Gasteiger partial charge in [0, 0.05) is 30.9 Å². The Labute approximate surface area is 98.7 Å². The van der Waals surface area contributed by atoms with E-state index in [1.807, 2.05) is 0 Å². The topological polar surface area (TPSA) is 15.3 Å². The highest BCUT2D eigenvalue weighted by Crippen LogP contribution is 2.27. The first kappa shape index (κ1) is 11.5. The normalized spacial score (nSPS) is 25.9. The Morgan fingerprint density at radius 3 is 2.38 bits per heavy atom. The van der Waals surface area contributed by atoms with Gasteiger partial charge in [-0.2, -0.15) is 0 Å². The molecule has 1 aromatic rings. The summed E-state index contributed by atoms with van der Waals surface area (Å²) in [6.45, 7) is 11.2. The van der Waals surface area contributed by atoms with Gasteiger partial charge >= 0.3 is 0 Å². The molecule has 1 fully saturated rings. The van der Waals surface area contributed by atoms with Crippen LogP contribution in [0.2, 0.25) is 0 Å². The van der Waals surface area contributed by atoms with Gasteiger partial charge in [-0.3, -0.25) is 0 Å². The summed E-state index contributed by atoms with van der Waals surface area (Å²) in [6.07, 6.45) is 0. The molecule has 1 aromatic carbocycles. The van der Waals surface area contributed by atoms with Crippen molar-refractivity contribution in [2.75, 3.05) is 18.0 Å². The van der Waals surface area contributed by atoms with Crippen molar-refractivity contribution in [3.8, 4) is 0 Å². The highest BCUT2D eigenvalue weighted by Gasteiger charge is 2.25. The van der Waals surface area contributed by atoms with Gasteiger partial charge in [-0.15, -0.1) is 0 Å². The lowest BCUT2D eigenvalue weighted by atomic mass is 10.0. The first-order chi connectivity index (χ1) is 7.61. The first-order valence-corrected chi connectivity index (χ1v) is 6.16. The number of anilines is 1. The number of piperazine rings is 1. The molecule has 16 heavy (non-hydrogen) atoms. The van der Waals surface area contributed by atoms with Crippen LogP contribution in [-0.4, -0.2) is 25.2 Å². The molecule has 0 bridgehead atoms. The van der Waals surface area contributed by atoms with E-state index in [4.69, 9.17) is 0 Å². The number of rotatable bonds is 1. The van der Waals surface area contributed by atoms with Crippen molar-refractivity contribution in [1.29, 1.82) is 0 Å². The van der Waals surface area contributed by atoms with Crippen molar-refractivity contribution in [1.82, 2.24) is 5.32 Å². The Kier molecular flexibility index (Phi) is 3.20. The van der Waals surface area contributed by atoms with E-state index < -0.39 is 0 Å². The molecule has 2 nitrogen and oxygen atoms in total. The summed E-state index contributed by atoms with van der Waals surface area (Å²) in [5.74, 6) is 0. The van der Waals surface area contributed by atoms with E-state index >= 15 is 0 Å². The second-order valence-corrected chi connectivity index (χ2v) is 4.98. The fourth-order valence-corrected chi connectivity index (χ4v) is 2.62. The summed E-state index contributed by atoms with van der Waals surface area (Å²) in [5.41, 5.74) is 4.21. The third-order valence-corrected chi connectivity index (χ3v) is 3.68. The van der Waals surface area contributed by atoms with E-state index in [1.54, 1.807) is 0 Å². The largest absolute Gasteiger partial charge is 0.363 e. The molecule has 2 atom stereocenters. The van der Waals surface area contributed by atoms with Gasteiger partial charge in [0.25, 0.3) is 0 Å². The summed E-state index contributed by atoms with van der Waals surface area (Å²) in [5, 5.41) is 3.48. The van der Waals surface area contributed by atoms with Crippen molar-refractivity contribution in [2.45, 2.75) is 39.8 Å². The third-order valence-electron chi connectivity index (χ3n) is 3.68. The van der Waals surface area contributed by atoms with Gasteiger partial charge in [-0.1, -0.05) is 12.1 Å². The lowest BCUT2D eigenvalue weighted by Crippen LogP contribution is -2.55. The first-order valence-electron chi connectivity index (χ1n) is 6.16. The molecule has 88 valence electrons. The SMILES string of the molecule is Cc1cccc(N2C(C)CNCC2C)c1C. The molecule has 1 N–H and O–H groups in total. The average Bonchev–Trinajstić information content (AvgIpc) is 2.24. The summed E-state index contributed by atoms with van der Waals surface area (Å²) in [4.78, 5) is 2.55. The molecule has 2 unspecified atom stereocenters. The standard InChI is InChI=1S/C14H22N2/c1-10-6-5-7-14(13(10)4)16-11(2)8-15-9-12(16)3/h5-7,11-12,15H,8-9H2,1-4H3. The monoisotopic (exact) mass is 218 g/mol. The van der Waals surface area contributed by atoms with Crippen LogP contribution in [0.25, 0.3) is 0 Å². The molecular formula is C14H22N2. The van der Waals surface area contributed by atoms with E-state index in [2.05, 4.69) is 56.1 Å². The van der Waals surface area contributed by atoms with Gasteiger partial charge in [0.15, 0.2) is 0 Å². The summed E-state index contributed by atoms with van der Waals surface area (Å²) >= 11 is 0. The third kappa shape index (κ3) is 1.94. The minimum Gasteiger partial charge on any atom is -0.363 e. The van der Waals surface area contributed by atoms with E-state index in [0.717, 1.165) is 13.1 Å². The van der Waals surface area contributed by atoms with Crippen molar-refractivity contribution in [2.24, 2.45) is 0 Å². The van der Waals surface area contributed by atoms with Gasteiger partial charge in [0.2, 0.25) is 0 Å². The Balaban J connectivity index is 2.38. The van der Waals surface area contributed by atoms with Crippen molar-refractivity contribution < 1.29 is 0 Å². The molecule has 1 aliphatic heterocycles. The van der Waals surface area contributed by atoms with Crippen molar-refractivity contribution in [3.05, 3.63) is 29.3 Å². The van der Waals surface area contributed by atoms with Crippen molar-refractivity contribution in [3.63, 3.8) is 0 Å². The molecule has 0 spiro atoms. The zero-order valence-electron chi connectivity index (χ0n) is 10.7. The Hall–Kier alpha value is -1.02. The maximum atomic E-state index is 3.48. The predicted octanol–water partition coefficient (Wildman–Crippen LogP) is 2.49. The number of nitrogens with zero attached hydrogens (tertiary/aromatic N) is 1. The second kappa shape index (κ2) is 4.46. The lowest BCUT2D eigenvalue weighted by molar-refractivity contribution is 0.431. The van der Waals surface area contributed by atoms with E-state index in [9.17, 15) is 0 Å².